The van der Waals surface area contributed by atoms with Crippen LogP contribution in [0, 0.1) is 5.82 Å². The minimum atomic E-state index is -0.983. The molecule has 1 fully saturated rings. The van der Waals surface area contributed by atoms with Crippen molar-refractivity contribution in [2.45, 2.75) is 31.6 Å². The summed E-state index contributed by atoms with van der Waals surface area (Å²) in [5, 5.41) is 14.8. The molecule has 9 nitrogen and oxygen atoms in total. The van der Waals surface area contributed by atoms with Gasteiger partial charge >= 0.3 is 0 Å². The summed E-state index contributed by atoms with van der Waals surface area (Å²) in [6, 6.07) is 4.25. The number of aromatic nitrogens is 1. The summed E-state index contributed by atoms with van der Waals surface area (Å²) in [4.78, 5) is 39.8. The highest BCUT2D eigenvalue weighted by Crippen LogP contribution is 2.32. The Kier molecular flexibility index (Phi) is 5.83. The topological polar surface area (TPSA) is 104 Å². The highest BCUT2D eigenvalue weighted by atomic mass is 35.5. The number of hydrogen-bond donors (Lipinski definition) is 2. The van der Waals surface area contributed by atoms with E-state index in [4.69, 9.17) is 16.3 Å². The van der Waals surface area contributed by atoms with E-state index in [1.165, 1.54) is 34.0 Å². The van der Waals surface area contributed by atoms with Gasteiger partial charge in [0.2, 0.25) is 5.43 Å². The Morgan fingerprint density at radius 2 is 2.09 bits per heavy atom. The van der Waals surface area contributed by atoms with Crippen molar-refractivity contribution < 1.29 is 23.8 Å². The highest BCUT2D eigenvalue weighted by Gasteiger charge is 2.45. The Bertz CT molecular complexity index is 1150. The van der Waals surface area contributed by atoms with Gasteiger partial charge in [-0.15, -0.1) is 0 Å². The fraction of sp³-hybridized carbons (Fsp3) is 0.381. The first-order valence-electron chi connectivity index (χ1n) is 10.0. The first-order chi connectivity index (χ1) is 15.3. The number of pyridine rings is 1. The van der Waals surface area contributed by atoms with Crippen LogP contribution in [0.4, 0.5) is 4.39 Å². The Hall–Kier alpha value is -3.11. The van der Waals surface area contributed by atoms with E-state index < -0.39 is 28.8 Å². The van der Waals surface area contributed by atoms with Gasteiger partial charge in [-0.05, 0) is 18.9 Å². The molecule has 1 saturated heterocycles. The summed E-state index contributed by atoms with van der Waals surface area (Å²) in [6.07, 6.45) is 2.32. The molecule has 2 aromatic rings. The summed E-state index contributed by atoms with van der Waals surface area (Å²) in [7, 11) is 3.16. The first kappa shape index (κ1) is 22.1. The molecule has 0 aliphatic carbocycles. The van der Waals surface area contributed by atoms with Crippen molar-refractivity contribution in [3.05, 3.63) is 62.3 Å². The van der Waals surface area contributed by atoms with Crippen LogP contribution < -0.4 is 15.8 Å². The maximum absolute atomic E-state index is 14.1. The number of nitrogens with zero attached hydrogens (tertiary/aromatic N) is 3. The third-order valence-corrected chi connectivity index (χ3v) is 6.19. The maximum atomic E-state index is 14.1. The van der Waals surface area contributed by atoms with Crippen LogP contribution in [0.3, 0.4) is 0 Å². The van der Waals surface area contributed by atoms with Crippen LogP contribution in [0.15, 0.2) is 29.2 Å². The largest absolute Gasteiger partial charge is 0.502 e. The van der Waals surface area contributed by atoms with E-state index in [9.17, 15) is 23.9 Å². The summed E-state index contributed by atoms with van der Waals surface area (Å²) in [5.41, 5.74) is -1.42. The Labute approximate surface area is 187 Å². The van der Waals surface area contributed by atoms with Gasteiger partial charge in [-0.3, -0.25) is 24.1 Å². The summed E-state index contributed by atoms with van der Waals surface area (Å²) < 4.78 is 20.8. The number of carbonyl (C=O) groups is 2. The van der Waals surface area contributed by atoms with E-state index in [-0.39, 0.29) is 40.6 Å². The molecule has 11 heteroatoms. The van der Waals surface area contributed by atoms with E-state index >= 15 is 0 Å². The first-order valence-corrected chi connectivity index (χ1v) is 10.4. The average molecular weight is 465 g/mol. The highest BCUT2D eigenvalue weighted by molar-refractivity contribution is 6.30. The van der Waals surface area contributed by atoms with Gasteiger partial charge in [0.25, 0.3) is 11.8 Å². The molecule has 0 spiro atoms. The molecule has 2 aliphatic rings. The molecule has 4 rings (SSSR count). The lowest BCUT2D eigenvalue weighted by molar-refractivity contribution is 0.0634. The summed E-state index contributed by atoms with van der Waals surface area (Å²) >= 11 is 5.76. The van der Waals surface area contributed by atoms with Crippen LogP contribution in [-0.2, 0) is 11.3 Å². The fourth-order valence-corrected chi connectivity index (χ4v) is 4.48. The molecule has 32 heavy (non-hydrogen) atoms. The summed E-state index contributed by atoms with van der Waals surface area (Å²) in [6.45, 7) is 0.147. The minimum Gasteiger partial charge on any atom is -0.502 e. The number of aromatic hydroxyl groups is 1. The smallest absolute Gasteiger partial charge is 0.277 e. The van der Waals surface area contributed by atoms with Crippen molar-refractivity contribution in [3.8, 4) is 5.75 Å². The van der Waals surface area contributed by atoms with Crippen LogP contribution in [0.1, 0.15) is 39.3 Å². The number of fused-ring (bicyclic) bond motifs is 3. The zero-order valence-corrected chi connectivity index (χ0v) is 18.2. The molecule has 2 atom stereocenters. The Morgan fingerprint density at radius 3 is 2.81 bits per heavy atom. The molecule has 2 N–H and O–H groups in total. The number of nitrogens with one attached hydrogen (secondary N) is 1. The van der Waals surface area contributed by atoms with Gasteiger partial charge < -0.3 is 20.1 Å². The molecule has 1 aromatic heterocycles. The van der Waals surface area contributed by atoms with Crippen molar-refractivity contribution >= 4 is 23.4 Å². The number of ether oxygens (including phenoxy) is 1. The molecule has 0 saturated carbocycles. The second-order valence-electron chi connectivity index (χ2n) is 7.77. The average Bonchev–Trinajstić information content (AvgIpc) is 3.19. The van der Waals surface area contributed by atoms with E-state index in [1.807, 2.05) is 5.01 Å². The molecule has 2 amide bonds. The van der Waals surface area contributed by atoms with Crippen molar-refractivity contribution in [1.82, 2.24) is 14.9 Å². The van der Waals surface area contributed by atoms with Crippen molar-refractivity contribution in [1.29, 1.82) is 0 Å². The predicted molar refractivity (Wildman–Crippen MR) is 114 cm³/mol. The second kappa shape index (κ2) is 8.44. The molecular formula is C21H22ClFN4O5. The molecule has 0 unspecified atom stereocenters. The van der Waals surface area contributed by atoms with Crippen molar-refractivity contribution in [2.75, 3.05) is 25.8 Å². The number of rotatable bonds is 5. The maximum Gasteiger partial charge on any atom is 0.277 e. The van der Waals surface area contributed by atoms with E-state index in [2.05, 4.69) is 5.32 Å². The number of methoxy groups -OCH3 is 1. The third kappa shape index (κ3) is 3.49. The number of benzene rings is 1. The van der Waals surface area contributed by atoms with Gasteiger partial charge in [0, 0.05) is 32.5 Å². The van der Waals surface area contributed by atoms with E-state index in [0.29, 0.717) is 13.0 Å². The normalized spacial score (nSPS) is 19.7. The van der Waals surface area contributed by atoms with Crippen LogP contribution >= 0.6 is 11.6 Å². The number of carbonyl (C=O) groups excluding carboxylic acids is 2. The van der Waals surface area contributed by atoms with Crippen LogP contribution in [-0.4, -0.2) is 59.5 Å². The van der Waals surface area contributed by atoms with Crippen LogP contribution in [0.25, 0.3) is 0 Å². The predicted octanol–water partition coefficient (Wildman–Crippen LogP) is 1.43. The van der Waals surface area contributed by atoms with Crippen molar-refractivity contribution in [2.24, 2.45) is 0 Å². The lowest BCUT2D eigenvalue weighted by Gasteiger charge is -2.43. The lowest BCUT2D eigenvalue weighted by atomic mass is 10.1. The lowest BCUT2D eigenvalue weighted by Crippen LogP contribution is -2.60. The van der Waals surface area contributed by atoms with Gasteiger partial charge in [0.15, 0.2) is 11.4 Å². The van der Waals surface area contributed by atoms with E-state index in [0.717, 1.165) is 6.42 Å². The Balaban J connectivity index is 1.71. The van der Waals surface area contributed by atoms with Crippen molar-refractivity contribution in [3.63, 3.8) is 0 Å². The van der Waals surface area contributed by atoms with Crippen LogP contribution in [0.5, 0.6) is 5.75 Å². The van der Waals surface area contributed by atoms with Gasteiger partial charge in [-0.25, -0.2) is 4.39 Å². The second-order valence-corrected chi connectivity index (χ2v) is 8.18. The molecule has 2 aliphatic heterocycles. The van der Waals surface area contributed by atoms with E-state index in [1.54, 1.807) is 14.2 Å². The quantitative estimate of drug-likeness (QED) is 0.694. The fourth-order valence-electron chi connectivity index (χ4n) is 4.28. The number of amides is 2. The molecule has 1 aromatic carbocycles. The van der Waals surface area contributed by atoms with Gasteiger partial charge in [-0.2, -0.15) is 0 Å². The Morgan fingerprint density at radius 1 is 1.34 bits per heavy atom. The molecule has 0 radical (unpaired) electrons. The molecule has 3 heterocycles. The SMILES string of the molecule is COC[C@@H]1CC[C@H]2N(C)C(=O)c3c(O)c(=O)c(C(=O)NCc4cccc(Cl)c4F)cn3N12. The number of hydrogen-bond acceptors (Lipinski definition) is 6. The van der Waals surface area contributed by atoms with Gasteiger partial charge in [0.05, 0.1) is 17.7 Å². The minimum absolute atomic E-state index is 0.0878. The molecular weight excluding hydrogens is 443 g/mol. The standard InChI is InChI=1S/C21H22ClFN4O5/c1-25-15-7-6-12(10-32-2)27(15)26-9-13(18(28)19(29)17(26)21(25)31)20(30)24-8-11-4-3-5-14(22)16(11)23/h3-5,9,12,15,29H,6-8,10H2,1-2H3,(H,24,30)/t12-,15-/m0/s1. The molecule has 170 valence electrons. The third-order valence-electron chi connectivity index (χ3n) is 5.90. The van der Waals surface area contributed by atoms with Gasteiger partial charge in [-0.1, -0.05) is 23.7 Å². The zero-order valence-electron chi connectivity index (χ0n) is 17.5. The monoisotopic (exact) mass is 464 g/mol. The van der Waals surface area contributed by atoms with Crippen LogP contribution in [0.2, 0.25) is 5.02 Å². The zero-order chi connectivity index (χ0) is 23.2. The molecule has 0 bridgehead atoms. The van der Waals surface area contributed by atoms with Gasteiger partial charge in [0.1, 0.15) is 17.5 Å². The summed E-state index contributed by atoms with van der Waals surface area (Å²) in [5.74, 6) is -2.82. The number of halogens is 2.